The van der Waals surface area contributed by atoms with Gasteiger partial charge in [0.1, 0.15) is 11.6 Å². The zero-order valence-electron chi connectivity index (χ0n) is 7.03. The fourth-order valence-electron chi connectivity index (χ4n) is 0.943. The molecule has 1 aromatic rings. The van der Waals surface area contributed by atoms with Crippen molar-refractivity contribution in [3.8, 4) is 6.07 Å². The predicted molar refractivity (Wildman–Crippen MR) is 43.4 cm³/mol. The van der Waals surface area contributed by atoms with Crippen LogP contribution in [-0.4, -0.2) is 9.91 Å². The molecule has 0 fully saturated rings. The molecule has 0 aliphatic heterocycles. The second-order valence-electron chi connectivity index (χ2n) is 2.48. The molecule has 0 unspecified atom stereocenters. The highest BCUT2D eigenvalue weighted by Crippen LogP contribution is 2.20. The number of nitrogens with zero attached hydrogens (tertiary/aromatic N) is 2. The van der Waals surface area contributed by atoms with Gasteiger partial charge in [0.2, 0.25) is 5.43 Å². The summed E-state index contributed by atoms with van der Waals surface area (Å²) in [5, 5.41) is 18.6. The number of H-pyrrole nitrogens is 1. The van der Waals surface area contributed by atoms with Crippen molar-refractivity contribution < 1.29 is 13.7 Å². The zero-order chi connectivity index (χ0) is 11.6. The first-order valence-corrected chi connectivity index (χ1v) is 3.57. The molecule has 78 valence electrons. The van der Waals surface area contributed by atoms with Crippen molar-refractivity contribution in [1.29, 1.82) is 5.26 Å². The molecule has 0 amide bonds. The second kappa shape index (κ2) is 3.83. The molecule has 0 spiro atoms. The maximum atomic E-state index is 12.3. The molecule has 1 rings (SSSR count). The van der Waals surface area contributed by atoms with E-state index < -0.39 is 33.9 Å². The van der Waals surface area contributed by atoms with Gasteiger partial charge in [0.05, 0.1) is 6.07 Å². The van der Waals surface area contributed by atoms with E-state index in [2.05, 4.69) is 0 Å². The van der Waals surface area contributed by atoms with Crippen molar-refractivity contribution in [2.45, 2.75) is 6.43 Å². The van der Waals surface area contributed by atoms with Gasteiger partial charge in [-0.15, -0.1) is 0 Å². The van der Waals surface area contributed by atoms with Crippen LogP contribution in [0.15, 0.2) is 10.9 Å². The molecular formula is C7H3F2N3O3. The van der Waals surface area contributed by atoms with Crippen molar-refractivity contribution in [1.82, 2.24) is 4.98 Å². The van der Waals surface area contributed by atoms with Gasteiger partial charge in [-0.1, -0.05) is 0 Å². The summed E-state index contributed by atoms with van der Waals surface area (Å²) in [6.07, 6.45) is -3.15. The number of hydrogen-bond donors (Lipinski definition) is 1. The van der Waals surface area contributed by atoms with Gasteiger partial charge in [-0.05, 0) is 4.92 Å². The van der Waals surface area contributed by atoms with Gasteiger partial charge in [0.15, 0.2) is 5.69 Å². The number of halogens is 2. The lowest BCUT2D eigenvalue weighted by Gasteiger charge is -2.00. The Balaban J connectivity index is 3.55. The number of aromatic nitrogens is 1. The summed E-state index contributed by atoms with van der Waals surface area (Å²) in [5.41, 5.74) is -2.94. The van der Waals surface area contributed by atoms with Gasteiger partial charge in [-0.3, -0.25) is 4.79 Å². The fraction of sp³-hybridized carbons (Fsp3) is 0.143. The molecule has 1 aromatic heterocycles. The largest absolute Gasteiger partial charge is 0.358 e. The molecular weight excluding hydrogens is 212 g/mol. The summed E-state index contributed by atoms with van der Waals surface area (Å²) in [5.74, 6) is -0.866. The minimum absolute atomic E-state index is 0.491. The van der Waals surface area contributed by atoms with Crippen LogP contribution in [0.4, 0.5) is 14.6 Å². The Morgan fingerprint density at radius 1 is 1.60 bits per heavy atom. The number of hydrogen-bond acceptors (Lipinski definition) is 4. The molecule has 0 saturated heterocycles. The molecule has 0 aliphatic carbocycles. The monoisotopic (exact) mass is 215 g/mol. The predicted octanol–water partition coefficient (Wildman–Crippen LogP) is 1.09. The summed E-state index contributed by atoms with van der Waals surface area (Å²) in [7, 11) is 0. The lowest BCUT2D eigenvalue weighted by Crippen LogP contribution is -2.13. The molecule has 0 aromatic carbocycles. The van der Waals surface area contributed by atoms with Gasteiger partial charge in [0, 0.05) is 0 Å². The highest BCUT2D eigenvalue weighted by atomic mass is 19.3. The van der Waals surface area contributed by atoms with E-state index in [1.54, 1.807) is 4.98 Å². The van der Waals surface area contributed by atoms with Crippen LogP contribution in [0.1, 0.15) is 17.7 Å². The average molecular weight is 215 g/mol. The van der Waals surface area contributed by atoms with E-state index in [9.17, 15) is 23.7 Å². The highest BCUT2D eigenvalue weighted by Gasteiger charge is 2.23. The topological polar surface area (TPSA) is 99.8 Å². The smallest absolute Gasteiger partial charge is 0.325 e. The Kier molecular flexibility index (Phi) is 2.75. The molecule has 0 bridgehead atoms. The summed E-state index contributed by atoms with van der Waals surface area (Å²) in [4.78, 5) is 22.0. The molecule has 15 heavy (non-hydrogen) atoms. The standard InChI is InChI=1S/C7H3F2N3O3/c8-7(9)6-3(2-10)4(13)1-5(11-6)12(14)15/h1,7H,(H,11,13). The maximum absolute atomic E-state index is 12.3. The van der Waals surface area contributed by atoms with E-state index in [1.807, 2.05) is 0 Å². The van der Waals surface area contributed by atoms with Crippen LogP contribution in [0.2, 0.25) is 0 Å². The molecule has 0 saturated carbocycles. The first-order valence-electron chi connectivity index (χ1n) is 3.57. The molecule has 1 heterocycles. The van der Waals surface area contributed by atoms with Crippen molar-refractivity contribution >= 4 is 5.82 Å². The summed E-state index contributed by atoms with van der Waals surface area (Å²) >= 11 is 0. The second-order valence-corrected chi connectivity index (χ2v) is 2.48. The van der Waals surface area contributed by atoms with Crippen LogP contribution in [-0.2, 0) is 0 Å². The highest BCUT2D eigenvalue weighted by molar-refractivity contribution is 5.38. The van der Waals surface area contributed by atoms with Gasteiger partial charge >= 0.3 is 5.82 Å². The quantitative estimate of drug-likeness (QED) is 0.589. The third-order valence-corrected chi connectivity index (χ3v) is 1.57. The third-order valence-electron chi connectivity index (χ3n) is 1.57. The fourth-order valence-corrected chi connectivity index (χ4v) is 0.943. The lowest BCUT2D eigenvalue weighted by molar-refractivity contribution is -0.389. The summed E-state index contributed by atoms with van der Waals surface area (Å²) in [6, 6.07) is 1.76. The Bertz CT molecular complexity index is 503. The Labute approximate surface area is 80.9 Å². The lowest BCUT2D eigenvalue weighted by atomic mass is 10.2. The maximum Gasteiger partial charge on any atom is 0.325 e. The summed E-state index contributed by atoms with van der Waals surface area (Å²) < 4.78 is 24.6. The number of nitrogens with one attached hydrogen (secondary N) is 1. The number of rotatable bonds is 2. The van der Waals surface area contributed by atoms with Gasteiger partial charge < -0.3 is 10.1 Å². The van der Waals surface area contributed by atoms with E-state index in [0.29, 0.717) is 6.07 Å². The minimum atomic E-state index is -3.15. The molecule has 8 heteroatoms. The number of aromatic amines is 1. The van der Waals surface area contributed by atoms with Crippen molar-refractivity contribution in [3.05, 3.63) is 37.7 Å². The first-order chi connectivity index (χ1) is 6.97. The van der Waals surface area contributed by atoms with Crippen molar-refractivity contribution in [3.63, 3.8) is 0 Å². The van der Waals surface area contributed by atoms with E-state index in [1.165, 1.54) is 6.07 Å². The zero-order valence-corrected chi connectivity index (χ0v) is 7.03. The van der Waals surface area contributed by atoms with Gasteiger partial charge in [0.25, 0.3) is 6.43 Å². The number of nitro groups is 1. The number of nitriles is 1. The Hall–Kier alpha value is -2.30. The molecule has 0 atom stereocenters. The van der Waals surface area contributed by atoms with Gasteiger partial charge in [-0.2, -0.15) is 5.26 Å². The van der Waals surface area contributed by atoms with Crippen LogP contribution in [0.5, 0.6) is 0 Å². The van der Waals surface area contributed by atoms with Gasteiger partial charge in [-0.25, -0.2) is 13.8 Å². The SMILES string of the molecule is N#Cc1c(C(F)F)[nH]c([N+](=O)[O-])cc1=O. The average Bonchev–Trinajstić information content (AvgIpc) is 2.16. The van der Waals surface area contributed by atoms with E-state index in [4.69, 9.17) is 5.26 Å². The van der Waals surface area contributed by atoms with Crippen LogP contribution in [0.3, 0.4) is 0 Å². The van der Waals surface area contributed by atoms with E-state index in [-0.39, 0.29) is 0 Å². The Morgan fingerprint density at radius 2 is 2.20 bits per heavy atom. The van der Waals surface area contributed by atoms with Crippen LogP contribution in [0.25, 0.3) is 0 Å². The molecule has 1 N–H and O–H groups in total. The van der Waals surface area contributed by atoms with Crippen molar-refractivity contribution in [2.24, 2.45) is 0 Å². The number of alkyl halides is 2. The van der Waals surface area contributed by atoms with E-state index in [0.717, 1.165) is 0 Å². The first kappa shape index (κ1) is 10.8. The normalized spacial score (nSPS) is 10.0. The third kappa shape index (κ3) is 1.96. The minimum Gasteiger partial charge on any atom is -0.358 e. The summed E-state index contributed by atoms with van der Waals surface area (Å²) in [6.45, 7) is 0. The molecule has 0 aliphatic rings. The molecule has 6 nitrogen and oxygen atoms in total. The molecule has 0 radical (unpaired) electrons. The van der Waals surface area contributed by atoms with Crippen molar-refractivity contribution in [2.75, 3.05) is 0 Å². The van der Waals surface area contributed by atoms with E-state index >= 15 is 0 Å². The van der Waals surface area contributed by atoms with Crippen LogP contribution >= 0.6 is 0 Å². The Morgan fingerprint density at radius 3 is 2.60 bits per heavy atom. The number of pyridine rings is 1. The van der Waals surface area contributed by atoms with Crippen LogP contribution < -0.4 is 5.43 Å². The van der Waals surface area contributed by atoms with Crippen LogP contribution in [0, 0.1) is 21.4 Å².